The molecule has 7 heteroatoms. The van der Waals surface area contributed by atoms with E-state index in [1.165, 1.54) is 0 Å². The monoisotopic (exact) mass is 289 g/mol. The predicted molar refractivity (Wildman–Crippen MR) is 69.6 cm³/mol. The minimum absolute atomic E-state index is 0.0506. The van der Waals surface area contributed by atoms with Crippen molar-refractivity contribution in [3.8, 4) is 0 Å². The molecule has 0 amide bonds. The van der Waals surface area contributed by atoms with Crippen molar-refractivity contribution >= 4 is 5.82 Å². The molecular weight excluding hydrogens is 271 g/mol. The summed E-state index contributed by atoms with van der Waals surface area (Å²) in [6.07, 6.45) is -3.72. The number of halogens is 3. The molecule has 1 aromatic heterocycles. The number of hydrogen-bond donors (Lipinski definition) is 1. The molecular formula is C13H18F3N3O. The Balaban J connectivity index is 2.21. The molecule has 1 saturated heterocycles. The second kappa shape index (κ2) is 5.97. The van der Waals surface area contributed by atoms with E-state index in [2.05, 4.69) is 4.98 Å². The number of rotatable bonds is 3. The number of alkyl halides is 3. The molecule has 1 atom stereocenters. The van der Waals surface area contributed by atoms with Crippen LogP contribution in [0.2, 0.25) is 0 Å². The lowest BCUT2D eigenvalue weighted by Gasteiger charge is -2.34. The second-order valence-corrected chi connectivity index (χ2v) is 4.87. The number of anilines is 1. The van der Waals surface area contributed by atoms with E-state index < -0.39 is 11.7 Å². The maximum absolute atomic E-state index is 12.8. The average Bonchev–Trinajstić information content (AvgIpc) is 2.38. The summed E-state index contributed by atoms with van der Waals surface area (Å²) in [6, 6.07) is 2.15. The quantitative estimate of drug-likeness (QED) is 0.924. The van der Waals surface area contributed by atoms with Crippen molar-refractivity contribution in [2.75, 3.05) is 31.1 Å². The molecule has 4 nitrogen and oxygen atoms in total. The molecule has 0 bridgehead atoms. The molecule has 2 rings (SSSR count). The van der Waals surface area contributed by atoms with Crippen molar-refractivity contribution in [2.45, 2.75) is 25.6 Å². The van der Waals surface area contributed by atoms with Crippen LogP contribution in [0.1, 0.15) is 17.7 Å². The van der Waals surface area contributed by atoms with Crippen LogP contribution in [0.4, 0.5) is 19.0 Å². The van der Waals surface area contributed by atoms with Gasteiger partial charge < -0.3 is 15.4 Å². The van der Waals surface area contributed by atoms with Gasteiger partial charge >= 0.3 is 6.18 Å². The van der Waals surface area contributed by atoms with Gasteiger partial charge in [0.2, 0.25) is 0 Å². The zero-order valence-electron chi connectivity index (χ0n) is 11.3. The Morgan fingerprint density at radius 1 is 1.45 bits per heavy atom. The molecule has 2 N–H and O–H groups in total. The lowest BCUT2D eigenvalue weighted by atomic mass is 10.1. The second-order valence-electron chi connectivity index (χ2n) is 4.87. The van der Waals surface area contributed by atoms with Crippen molar-refractivity contribution in [1.29, 1.82) is 0 Å². The summed E-state index contributed by atoms with van der Waals surface area (Å²) in [4.78, 5) is 6.03. The van der Waals surface area contributed by atoms with E-state index >= 15 is 0 Å². The summed E-state index contributed by atoms with van der Waals surface area (Å²) in [5.74, 6) is 0.350. The molecule has 1 aromatic rings. The number of ether oxygens (including phenoxy) is 1. The number of nitrogens with zero attached hydrogens (tertiary/aromatic N) is 2. The first-order valence-electron chi connectivity index (χ1n) is 6.52. The molecule has 20 heavy (non-hydrogen) atoms. The summed E-state index contributed by atoms with van der Waals surface area (Å²) in [5, 5.41) is 0. The van der Waals surface area contributed by atoms with Gasteiger partial charge in [-0.25, -0.2) is 4.98 Å². The minimum atomic E-state index is -4.36. The number of aromatic nitrogens is 1. The van der Waals surface area contributed by atoms with Crippen molar-refractivity contribution in [2.24, 2.45) is 5.73 Å². The molecule has 1 aliphatic heterocycles. The highest BCUT2D eigenvalue weighted by atomic mass is 19.4. The van der Waals surface area contributed by atoms with Crippen LogP contribution < -0.4 is 10.6 Å². The van der Waals surface area contributed by atoms with Gasteiger partial charge in [-0.05, 0) is 32.0 Å². The van der Waals surface area contributed by atoms with E-state index in [1.807, 2.05) is 4.90 Å². The Bertz CT molecular complexity index is 463. The van der Waals surface area contributed by atoms with Crippen LogP contribution >= 0.6 is 0 Å². The maximum atomic E-state index is 12.8. The van der Waals surface area contributed by atoms with Crippen molar-refractivity contribution in [3.63, 3.8) is 0 Å². The lowest BCUT2D eigenvalue weighted by molar-refractivity contribution is -0.137. The van der Waals surface area contributed by atoms with Gasteiger partial charge in [0.15, 0.2) is 0 Å². The average molecular weight is 289 g/mol. The molecule has 0 unspecified atom stereocenters. The Kier molecular flexibility index (Phi) is 4.49. The Labute approximate surface area is 115 Å². The standard InChI is InChI=1S/C13H18F3N3O/c1-9-6-10(13(14,15)16)7-12(18-9)19-4-5-20-11(8-19)2-3-17/h6-7,11H,2-5,8,17H2,1H3/t11-/m1/s1. The third kappa shape index (κ3) is 3.61. The van der Waals surface area contributed by atoms with E-state index in [1.54, 1.807) is 6.92 Å². The van der Waals surface area contributed by atoms with Crippen LogP contribution in [-0.4, -0.2) is 37.3 Å². The van der Waals surface area contributed by atoms with Crippen LogP contribution in [0.3, 0.4) is 0 Å². The summed E-state index contributed by atoms with van der Waals surface area (Å²) < 4.78 is 44.0. The molecule has 0 spiro atoms. The fourth-order valence-electron chi connectivity index (χ4n) is 2.26. The van der Waals surface area contributed by atoms with E-state index in [0.717, 1.165) is 12.1 Å². The zero-order chi connectivity index (χ0) is 14.8. The maximum Gasteiger partial charge on any atom is 0.416 e. The Morgan fingerprint density at radius 2 is 2.20 bits per heavy atom. The number of aryl methyl sites for hydroxylation is 1. The molecule has 112 valence electrons. The van der Waals surface area contributed by atoms with Gasteiger partial charge in [-0.1, -0.05) is 0 Å². The number of nitrogens with two attached hydrogens (primary N) is 1. The highest BCUT2D eigenvalue weighted by Crippen LogP contribution is 2.32. The van der Waals surface area contributed by atoms with Crippen LogP contribution in [0.25, 0.3) is 0 Å². The molecule has 1 fully saturated rings. The van der Waals surface area contributed by atoms with Gasteiger partial charge in [0.25, 0.3) is 0 Å². The highest BCUT2D eigenvalue weighted by molar-refractivity contribution is 5.44. The largest absolute Gasteiger partial charge is 0.416 e. The SMILES string of the molecule is Cc1cc(C(F)(F)F)cc(N2CCO[C@H](CCN)C2)n1. The predicted octanol–water partition coefficient (Wildman–Crippen LogP) is 1.96. The smallest absolute Gasteiger partial charge is 0.374 e. The van der Waals surface area contributed by atoms with Gasteiger partial charge in [-0.3, -0.25) is 0 Å². The minimum Gasteiger partial charge on any atom is -0.374 e. The van der Waals surface area contributed by atoms with Crippen molar-refractivity contribution in [3.05, 3.63) is 23.4 Å². The van der Waals surface area contributed by atoms with Crippen LogP contribution in [0.15, 0.2) is 12.1 Å². The molecule has 1 aliphatic rings. The van der Waals surface area contributed by atoms with E-state index in [0.29, 0.717) is 44.2 Å². The number of hydrogen-bond acceptors (Lipinski definition) is 4. The number of morpholine rings is 1. The highest BCUT2D eigenvalue weighted by Gasteiger charge is 2.32. The summed E-state index contributed by atoms with van der Waals surface area (Å²) >= 11 is 0. The molecule has 0 saturated carbocycles. The lowest BCUT2D eigenvalue weighted by Crippen LogP contribution is -2.43. The Hall–Kier alpha value is -1.34. The van der Waals surface area contributed by atoms with E-state index in [-0.39, 0.29) is 6.10 Å². The third-order valence-electron chi connectivity index (χ3n) is 3.22. The van der Waals surface area contributed by atoms with E-state index in [4.69, 9.17) is 10.5 Å². The van der Waals surface area contributed by atoms with Gasteiger partial charge in [0.1, 0.15) is 5.82 Å². The van der Waals surface area contributed by atoms with Crippen molar-refractivity contribution < 1.29 is 17.9 Å². The van der Waals surface area contributed by atoms with Crippen molar-refractivity contribution in [1.82, 2.24) is 4.98 Å². The van der Waals surface area contributed by atoms with Gasteiger partial charge in [-0.2, -0.15) is 13.2 Å². The third-order valence-corrected chi connectivity index (χ3v) is 3.22. The zero-order valence-corrected chi connectivity index (χ0v) is 11.3. The van der Waals surface area contributed by atoms with Crippen LogP contribution in [-0.2, 0) is 10.9 Å². The topological polar surface area (TPSA) is 51.4 Å². The first-order chi connectivity index (χ1) is 9.40. The van der Waals surface area contributed by atoms with Crippen LogP contribution in [0, 0.1) is 6.92 Å². The normalized spacial score (nSPS) is 20.2. The first kappa shape index (κ1) is 15.1. The fraction of sp³-hybridized carbons (Fsp3) is 0.615. The molecule has 2 heterocycles. The van der Waals surface area contributed by atoms with E-state index in [9.17, 15) is 13.2 Å². The Morgan fingerprint density at radius 3 is 2.85 bits per heavy atom. The summed E-state index contributed by atoms with van der Waals surface area (Å²) in [5.41, 5.74) is 5.18. The fourth-order valence-corrected chi connectivity index (χ4v) is 2.26. The number of pyridine rings is 1. The van der Waals surface area contributed by atoms with Gasteiger partial charge in [-0.15, -0.1) is 0 Å². The molecule has 0 aromatic carbocycles. The molecule has 0 aliphatic carbocycles. The van der Waals surface area contributed by atoms with Crippen LogP contribution in [0.5, 0.6) is 0 Å². The first-order valence-corrected chi connectivity index (χ1v) is 6.52. The molecule has 0 radical (unpaired) electrons. The summed E-state index contributed by atoms with van der Waals surface area (Å²) in [6.45, 7) is 3.59. The van der Waals surface area contributed by atoms with Gasteiger partial charge in [0.05, 0.1) is 18.3 Å². The summed E-state index contributed by atoms with van der Waals surface area (Å²) in [7, 11) is 0. The van der Waals surface area contributed by atoms with Gasteiger partial charge in [0, 0.05) is 18.8 Å².